The predicted octanol–water partition coefficient (Wildman–Crippen LogP) is 5.79. The van der Waals surface area contributed by atoms with Crippen molar-refractivity contribution >= 4 is 33.6 Å². The first kappa shape index (κ1) is 18.4. The van der Waals surface area contributed by atoms with Crippen LogP contribution in [-0.4, -0.2) is 5.91 Å². The van der Waals surface area contributed by atoms with Crippen molar-refractivity contribution in [3.05, 3.63) is 94.5 Å². The molecule has 5 heteroatoms. The van der Waals surface area contributed by atoms with E-state index in [1.54, 1.807) is 24.3 Å². The van der Waals surface area contributed by atoms with Gasteiger partial charge in [0.1, 0.15) is 17.4 Å². The van der Waals surface area contributed by atoms with Crippen molar-refractivity contribution in [2.75, 3.05) is 5.32 Å². The normalized spacial score (nSPS) is 10.7. The van der Waals surface area contributed by atoms with Gasteiger partial charge in [0.2, 0.25) is 0 Å². The number of nitriles is 1. The molecule has 0 saturated heterocycles. The van der Waals surface area contributed by atoms with Crippen LogP contribution >= 0.6 is 15.9 Å². The fourth-order valence-corrected chi connectivity index (χ4v) is 2.79. The van der Waals surface area contributed by atoms with Crippen molar-refractivity contribution < 1.29 is 9.53 Å². The number of halogens is 1. The molecule has 0 bridgehead atoms. The van der Waals surface area contributed by atoms with Crippen LogP contribution in [0.2, 0.25) is 0 Å². The molecular weight excluding hydrogens is 404 g/mol. The van der Waals surface area contributed by atoms with Gasteiger partial charge in [-0.15, -0.1) is 0 Å². The first-order valence-electron chi connectivity index (χ1n) is 8.16. The van der Waals surface area contributed by atoms with E-state index in [1.165, 1.54) is 0 Å². The maximum Gasteiger partial charge on any atom is 0.266 e. The van der Waals surface area contributed by atoms with E-state index in [9.17, 15) is 10.1 Å². The Hall–Kier alpha value is -3.36. The van der Waals surface area contributed by atoms with Gasteiger partial charge in [-0.1, -0.05) is 58.4 Å². The topological polar surface area (TPSA) is 62.1 Å². The van der Waals surface area contributed by atoms with E-state index in [0.717, 1.165) is 10.0 Å². The minimum Gasteiger partial charge on any atom is -0.455 e. The Morgan fingerprint density at radius 3 is 2.48 bits per heavy atom. The van der Waals surface area contributed by atoms with Crippen LogP contribution in [-0.2, 0) is 4.79 Å². The lowest BCUT2D eigenvalue weighted by Gasteiger charge is -2.12. The summed E-state index contributed by atoms with van der Waals surface area (Å²) in [6, 6.07) is 25.7. The highest BCUT2D eigenvalue weighted by molar-refractivity contribution is 9.10. The summed E-state index contributed by atoms with van der Waals surface area (Å²) in [6.07, 6.45) is 1.54. The van der Waals surface area contributed by atoms with Crippen LogP contribution in [0.5, 0.6) is 11.5 Å². The highest BCUT2D eigenvalue weighted by Crippen LogP contribution is 2.29. The van der Waals surface area contributed by atoms with Crippen molar-refractivity contribution in [2.24, 2.45) is 0 Å². The lowest BCUT2D eigenvalue weighted by molar-refractivity contribution is -0.112. The second-order valence-electron chi connectivity index (χ2n) is 5.59. The molecule has 0 radical (unpaired) electrons. The molecule has 1 amide bonds. The van der Waals surface area contributed by atoms with Gasteiger partial charge in [-0.05, 0) is 48.0 Å². The van der Waals surface area contributed by atoms with Gasteiger partial charge in [0.25, 0.3) is 5.91 Å². The molecule has 3 rings (SSSR count). The number of anilines is 1. The number of nitrogens with one attached hydrogen (secondary N) is 1. The Kier molecular flexibility index (Phi) is 6.03. The minimum atomic E-state index is -0.499. The number of nitrogens with zero attached hydrogens (tertiary/aromatic N) is 1. The summed E-state index contributed by atoms with van der Waals surface area (Å²) < 4.78 is 6.71. The Morgan fingerprint density at radius 1 is 1.00 bits per heavy atom. The number of amides is 1. The van der Waals surface area contributed by atoms with Crippen LogP contribution in [0.3, 0.4) is 0 Å². The highest BCUT2D eigenvalue weighted by Gasteiger charge is 2.13. The van der Waals surface area contributed by atoms with E-state index in [0.29, 0.717) is 17.2 Å². The van der Waals surface area contributed by atoms with Crippen molar-refractivity contribution in [3.8, 4) is 17.6 Å². The van der Waals surface area contributed by atoms with Crippen molar-refractivity contribution in [2.45, 2.75) is 0 Å². The number of hydrogen-bond donors (Lipinski definition) is 1. The molecule has 0 heterocycles. The number of carbonyl (C=O) groups is 1. The number of rotatable bonds is 5. The molecule has 132 valence electrons. The van der Waals surface area contributed by atoms with Crippen molar-refractivity contribution in [1.82, 2.24) is 0 Å². The molecule has 3 aromatic rings. The van der Waals surface area contributed by atoms with Crippen molar-refractivity contribution in [3.63, 3.8) is 0 Å². The zero-order chi connectivity index (χ0) is 19.1. The largest absolute Gasteiger partial charge is 0.455 e. The molecular formula is C22H15BrN2O2. The van der Waals surface area contributed by atoms with E-state index in [1.807, 2.05) is 66.7 Å². The second kappa shape index (κ2) is 8.84. The summed E-state index contributed by atoms with van der Waals surface area (Å²) in [7, 11) is 0. The summed E-state index contributed by atoms with van der Waals surface area (Å²) >= 11 is 3.38. The third kappa shape index (κ3) is 5.06. The molecule has 0 saturated carbocycles. The fourth-order valence-electron chi connectivity index (χ4n) is 2.38. The van der Waals surface area contributed by atoms with Gasteiger partial charge in [-0.25, -0.2) is 0 Å². The molecule has 0 aromatic heterocycles. The molecule has 27 heavy (non-hydrogen) atoms. The summed E-state index contributed by atoms with van der Waals surface area (Å²) in [5, 5.41) is 12.1. The van der Waals surface area contributed by atoms with Gasteiger partial charge in [-0.3, -0.25) is 4.79 Å². The molecule has 0 aliphatic rings. The first-order valence-corrected chi connectivity index (χ1v) is 8.95. The third-order valence-electron chi connectivity index (χ3n) is 3.63. The second-order valence-corrected chi connectivity index (χ2v) is 6.51. The first-order chi connectivity index (χ1) is 13.2. The van der Waals surface area contributed by atoms with Gasteiger partial charge in [0.15, 0.2) is 5.75 Å². The Labute approximate surface area is 165 Å². The number of carbonyl (C=O) groups excluding carboxylic acids is 1. The van der Waals surface area contributed by atoms with Gasteiger partial charge in [0.05, 0.1) is 5.69 Å². The minimum absolute atomic E-state index is 0.00242. The molecule has 0 atom stereocenters. The summed E-state index contributed by atoms with van der Waals surface area (Å²) in [5.41, 5.74) is 1.24. The molecule has 0 spiro atoms. The number of hydrogen-bond acceptors (Lipinski definition) is 3. The smallest absolute Gasteiger partial charge is 0.266 e. The van der Waals surface area contributed by atoms with Crippen LogP contribution in [0.1, 0.15) is 5.56 Å². The maximum absolute atomic E-state index is 12.6. The monoisotopic (exact) mass is 418 g/mol. The Balaban J connectivity index is 1.82. The summed E-state index contributed by atoms with van der Waals surface area (Å²) in [6.45, 7) is 0. The van der Waals surface area contributed by atoms with E-state index in [-0.39, 0.29) is 5.57 Å². The van der Waals surface area contributed by atoms with Gasteiger partial charge in [-0.2, -0.15) is 5.26 Å². The molecule has 3 aromatic carbocycles. The van der Waals surface area contributed by atoms with E-state index >= 15 is 0 Å². The molecule has 0 aliphatic heterocycles. The lowest BCUT2D eigenvalue weighted by atomic mass is 10.1. The number of ether oxygens (including phenoxy) is 1. The van der Waals surface area contributed by atoms with Crippen LogP contribution < -0.4 is 10.1 Å². The van der Waals surface area contributed by atoms with Crippen molar-refractivity contribution in [1.29, 1.82) is 5.26 Å². The summed E-state index contributed by atoms with van der Waals surface area (Å²) in [4.78, 5) is 12.6. The highest BCUT2D eigenvalue weighted by atomic mass is 79.9. The predicted molar refractivity (Wildman–Crippen MR) is 109 cm³/mol. The van der Waals surface area contributed by atoms with Crippen LogP contribution in [0.4, 0.5) is 5.69 Å². The van der Waals surface area contributed by atoms with Crippen LogP contribution in [0, 0.1) is 11.3 Å². The molecule has 1 N–H and O–H groups in total. The zero-order valence-electron chi connectivity index (χ0n) is 14.2. The maximum atomic E-state index is 12.6. The molecule has 0 unspecified atom stereocenters. The Bertz CT molecular complexity index is 1020. The lowest BCUT2D eigenvalue weighted by Crippen LogP contribution is -2.14. The third-order valence-corrected chi connectivity index (χ3v) is 4.12. The van der Waals surface area contributed by atoms with Gasteiger partial charge >= 0.3 is 0 Å². The Morgan fingerprint density at radius 2 is 1.74 bits per heavy atom. The van der Waals surface area contributed by atoms with E-state index in [4.69, 9.17) is 4.74 Å². The summed E-state index contributed by atoms with van der Waals surface area (Å²) in [5.74, 6) is 0.655. The van der Waals surface area contributed by atoms with Crippen LogP contribution in [0.15, 0.2) is 88.9 Å². The molecule has 4 nitrogen and oxygen atoms in total. The quantitative estimate of drug-likeness (QED) is 0.421. The average Bonchev–Trinajstić information content (AvgIpc) is 2.68. The van der Waals surface area contributed by atoms with E-state index in [2.05, 4.69) is 21.2 Å². The van der Waals surface area contributed by atoms with Crippen LogP contribution in [0.25, 0.3) is 6.08 Å². The number of para-hydroxylation sites is 3. The standard InChI is InChI=1S/C22H15BrN2O2/c23-18-8-6-7-16(14-18)13-17(15-24)22(26)25-20-11-4-5-12-21(20)27-19-9-2-1-3-10-19/h1-14H,(H,25,26)/b17-13-. The molecule has 0 aliphatic carbocycles. The van der Waals surface area contributed by atoms with Gasteiger partial charge in [0, 0.05) is 4.47 Å². The molecule has 0 fully saturated rings. The SMILES string of the molecule is N#C/C(=C/c1cccc(Br)c1)C(=O)Nc1ccccc1Oc1ccccc1. The van der Waals surface area contributed by atoms with Gasteiger partial charge < -0.3 is 10.1 Å². The zero-order valence-corrected chi connectivity index (χ0v) is 15.8. The number of benzene rings is 3. The van der Waals surface area contributed by atoms with E-state index < -0.39 is 5.91 Å². The average molecular weight is 419 g/mol. The fraction of sp³-hybridized carbons (Fsp3) is 0.